The van der Waals surface area contributed by atoms with Crippen molar-refractivity contribution in [2.45, 2.75) is 25.8 Å². The van der Waals surface area contributed by atoms with Gasteiger partial charge in [-0.2, -0.15) is 0 Å². The molecule has 0 saturated heterocycles. The summed E-state index contributed by atoms with van der Waals surface area (Å²) in [7, 11) is -3.37. The van der Waals surface area contributed by atoms with Crippen LogP contribution in [-0.4, -0.2) is 13.0 Å². The zero-order valence-electron chi connectivity index (χ0n) is 14.2. The molecule has 1 N–H and O–H groups in total. The molecule has 0 aliphatic heterocycles. The standard InChI is InChI=1S/C20H22N2O2S/c1-17-8-5-6-11-19(17)15-22-13-7-12-20(22)14-21-25(23,24)16-18-9-3-2-4-10-18/h2-13,21H,14-16H2,1H3. The number of aromatic nitrogens is 1. The molecule has 0 bridgehead atoms. The molecule has 5 heteroatoms. The van der Waals surface area contributed by atoms with E-state index >= 15 is 0 Å². The van der Waals surface area contributed by atoms with Gasteiger partial charge in [-0.1, -0.05) is 54.6 Å². The number of sulfonamides is 1. The van der Waals surface area contributed by atoms with Crippen molar-refractivity contribution >= 4 is 10.0 Å². The molecule has 0 atom stereocenters. The van der Waals surface area contributed by atoms with Gasteiger partial charge in [0.25, 0.3) is 0 Å². The highest BCUT2D eigenvalue weighted by Crippen LogP contribution is 2.12. The first kappa shape index (κ1) is 17.5. The fraction of sp³-hybridized carbons (Fsp3) is 0.200. The lowest BCUT2D eigenvalue weighted by Crippen LogP contribution is -2.26. The van der Waals surface area contributed by atoms with Crippen molar-refractivity contribution in [1.82, 2.24) is 9.29 Å². The summed E-state index contributed by atoms with van der Waals surface area (Å²) in [5.74, 6) is -0.00760. The van der Waals surface area contributed by atoms with Gasteiger partial charge in [0, 0.05) is 18.4 Å². The van der Waals surface area contributed by atoms with Gasteiger partial charge in [0.05, 0.1) is 12.3 Å². The minimum atomic E-state index is -3.37. The van der Waals surface area contributed by atoms with Crippen LogP contribution in [0.4, 0.5) is 0 Å². The van der Waals surface area contributed by atoms with Crippen LogP contribution in [0.1, 0.15) is 22.4 Å². The van der Waals surface area contributed by atoms with E-state index in [0.717, 1.165) is 17.8 Å². The van der Waals surface area contributed by atoms with Crippen LogP contribution in [0.2, 0.25) is 0 Å². The van der Waals surface area contributed by atoms with E-state index in [1.54, 1.807) is 0 Å². The van der Waals surface area contributed by atoms with Gasteiger partial charge in [0.2, 0.25) is 10.0 Å². The Kier molecular flexibility index (Phi) is 5.36. The summed E-state index contributed by atoms with van der Waals surface area (Å²) in [6, 6.07) is 21.3. The quantitative estimate of drug-likeness (QED) is 0.706. The van der Waals surface area contributed by atoms with E-state index in [2.05, 4.69) is 28.3 Å². The Hall–Kier alpha value is -2.37. The maximum Gasteiger partial charge on any atom is 0.216 e. The minimum absolute atomic E-state index is 0.00760. The number of benzene rings is 2. The Morgan fingerprint density at radius 2 is 1.64 bits per heavy atom. The summed E-state index contributed by atoms with van der Waals surface area (Å²) in [4.78, 5) is 0. The van der Waals surface area contributed by atoms with Crippen LogP contribution < -0.4 is 4.72 Å². The average molecular weight is 354 g/mol. The fourth-order valence-corrected chi connectivity index (χ4v) is 3.86. The summed E-state index contributed by atoms with van der Waals surface area (Å²) < 4.78 is 29.4. The highest BCUT2D eigenvalue weighted by Gasteiger charge is 2.12. The second-order valence-corrected chi connectivity index (χ2v) is 7.93. The van der Waals surface area contributed by atoms with Gasteiger partial charge in [-0.3, -0.25) is 0 Å². The van der Waals surface area contributed by atoms with Gasteiger partial charge < -0.3 is 4.57 Å². The van der Waals surface area contributed by atoms with Gasteiger partial charge in [-0.05, 0) is 35.7 Å². The first-order valence-electron chi connectivity index (χ1n) is 8.23. The van der Waals surface area contributed by atoms with Crippen molar-refractivity contribution in [2.75, 3.05) is 0 Å². The van der Waals surface area contributed by atoms with Crippen molar-refractivity contribution in [2.24, 2.45) is 0 Å². The molecule has 0 radical (unpaired) electrons. The largest absolute Gasteiger partial charge is 0.346 e. The zero-order valence-corrected chi connectivity index (χ0v) is 15.0. The highest BCUT2D eigenvalue weighted by molar-refractivity contribution is 7.88. The van der Waals surface area contributed by atoms with Gasteiger partial charge in [-0.25, -0.2) is 13.1 Å². The predicted octanol–water partition coefficient (Wildman–Crippen LogP) is 3.46. The summed E-state index contributed by atoms with van der Waals surface area (Å²) in [5.41, 5.74) is 4.18. The third-order valence-corrected chi connectivity index (χ3v) is 5.50. The van der Waals surface area contributed by atoms with E-state index in [1.807, 2.05) is 60.8 Å². The minimum Gasteiger partial charge on any atom is -0.346 e. The highest BCUT2D eigenvalue weighted by atomic mass is 32.2. The molecule has 0 aliphatic rings. The topological polar surface area (TPSA) is 51.1 Å². The molecule has 0 amide bonds. The van der Waals surface area contributed by atoms with Crippen LogP contribution >= 0.6 is 0 Å². The number of nitrogens with one attached hydrogen (secondary N) is 1. The van der Waals surface area contributed by atoms with E-state index < -0.39 is 10.0 Å². The molecule has 3 rings (SSSR count). The van der Waals surface area contributed by atoms with Crippen LogP contribution in [0.3, 0.4) is 0 Å². The second-order valence-electron chi connectivity index (χ2n) is 6.12. The van der Waals surface area contributed by atoms with Gasteiger partial charge in [0.1, 0.15) is 0 Å². The van der Waals surface area contributed by atoms with Crippen LogP contribution in [-0.2, 0) is 28.9 Å². The first-order valence-corrected chi connectivity index (χ1v) is 9.88. The van der Waals surface area contributed by atoms with E-state index in [-0.39, 0.29) is 12.3 Å². The molecular weight excluding hydrogens is 332 g/mol. The monoisotopic (exact) mass is 354 g/mol. The lowest BCUT2D eigenvalue weighted by molar-refractivity contribution is 0.577. The predicted molar refractivity (Wildman–Crippen MR) is 101 cm³/mol. The van der Waals surface area contributed by atoms with E-state index in [9.17, 15) is 8.42 Å². The molecule has 3 aromatic rings. The van der Waals surface area contributed by atoms with Gasteiger partial charge in [-0.15, -0.1) is 0 Å². The molecule has 4 nitrogen and oxygen atoms in total. The van der Waals surface area contributed by atoms with Crippen LogP contribution in [0.5, 0.6) is 0 Å². The molecular formula is C20H22N2O2S. The average Bonchev–Trinajstić information content (AvgIpc) is 3.03. The fourth-order valence-electron chi connectivity index (χ4n) is 2.76. The van der Waals surface area contributed by atoms with Crippen LogP contribution in [0.25, 0.3) is 0 Å². The lowest BCUT2D eigenvalue weighted by Gasteiger charge is -2.12. The molecule has 0 spiro atoms. The van der Waals surface area contributed by atoms with Crippen LogP contribution in [0.15, 0.2) is 72.9 Å². The maximum absolute atomic E-state index is 12.3. The Labute approximate surface area is 149 Å². The Morgan fingerprint density at radius 1 is 0.920 bits per heavy atom. The smallest absolute Gasteiger partial charge is 0.216 e. The van der Waals surface area contributed by atoms with E-state index in [4.69, 9.17) is 0 Å². The first-order chi connectivity index (χ1) is 12.0. The Bertz CT molecular complexity index is 931. The van der Waals surface area contributed by atoms with Gasteiger partial charge >= 0.3 is 0 Å². The molecule has 2 aromatic carbocycles. The van der Waals surface area contributed by atoms with Crippen molar-refractivity contribution in [1.29, 1.82) is 0 Å². The molecule has 1 heterocycles. The number of aryl methyl sites for hydroxylation is 1. The summed E-state index contributed by atoms with van der Waals surface area (Å²) in [6.45, 7) is 3.10. The summed E-state index contributed by atoms with van der Waals surface area (Å²) in [5, 5.41) is 0. The van der Waals surface area contributed by atoms with Gasteiger partial charge in [0.15, 0.2) is 0 Å². The molecule has 0 unspecified atom stereocenters. The third-order valence-electron chi connectivity index (χ3n) is 4.20. The molecule has 25 heavy (non-hydrogen) atoms. The molecule has 1 aromatic heterocycles. The van der Waals surface area contributed by atoms with Crippen molar-refractivity contribution < 1.29 is 8.42 Å². The van der Waals surface area contributed by atoms with Crippen molar-refractivity contribution in [3.05, 3.63) is 95.3 Å². The van der Waals surface area contributed by atoms with Crippen molar-refractivity contribution in [3.63, 3.8) is 0 Å². The molecule has 130 valence electrons. The summed E-state index contributed by atoms with van der Waals surface area (Å²) in [6.07, 6.45) is 1.98. The van der Waals surface area contributed by atoms with E-state index in [0.29, 0.717) is 0 Å². The second kappa shape index (κ2) is 7.68. The molecule has 0 fully saturated rings. The number of nitrogens with zero attached hydrogens (tertiary/aromatic N) is 1. The third kappa shape index (κ3) is 4.81. The maximum atomic E-state index is 12.3. The number of hydrogen-bond donors (Lipinski definition) is 1. The number of hydrogen-bond acceptors (Lipinski definition) is 2. The molecule has 0 saturated carbocycles. The Morgan fingerprint density at radius 3 is 2.40 bits per heavy atom. The SMILES string of the molecule is Cc1ccccc1Cn1cccc1CNS(=O)(=O)Cc1ccccc1. The molecule has 0 aliphatic carbocycles. The van der Waals surface area contributed by atoms with Crippen LogP contribution in [0, 0.1) is 6.92 Å². The van der Waals surface area contributed by atoms with Crippen molar-refractivity contribution in [3.8, 4) is 0 Å². The number of rotatable bonds is 7. The zero-order chi connectivity index (χ0) is 17.7. The lowest BCUT2D eigenvalue weighted by atomic mass is 10.1. The normalized spacial score (nSPS) is 11.6. The Balaban J connectivity index is 1.66. The van der Waals surface area contributed by atoms with E-state index in [1.165, 1.54) is 11.1 Å². The summed E-state index contributed by atoms with van der Waals surface area (Å²) >= 11 is 0.